The Bertz CT molecular complexity index is 1420. The Morgan fingerprint density at radius 2 is 1.82 bits per heavy atom. The molecule has 1 aliphatic rings. The van der Waals surface area contributed by atoms with Crippen molar-refractivity contribution in [2.45, 2.75) is 123 Å². The molecule has 3 unspecified atom stereocenters. The predicted molar refractivity (Wildman–Crippen MR) is 205 cm³/mol. The van der Waals surface area contributed by atoms with E-state index in [1.54, 1.807) is 34.1 Å². The number of aromatic hydroxyl groups is 1. The standard InChI is InChI=1S/C41H62FNO6S/c1-10-31-22-34(39(45)49-40(4,5)6)23-32(38(31)47-9)15-11-12-16-35(48-29(3)33-24-36(44)28(2)37(25-33)46-8)18-20-43-19-17-30(14-13-21-50)26-41(7,42)27-43/h22-25,30,35,44,50H,3,10-21,26-27H2,1-2,4-9H3. The number of carbonyl (C=O) groups is 1. The van der Waals surface area contributed by atoms with Gasteiger partial charge in [-0.25, -0.2) is 9.18 Å². The van der Waals surface area contributed by atoms with Crippen molar-refractivity contribution in [3.8, 4) is 17.2 Å². The average Bonchev–Trinajstić information content (AvgIpc) is 3.20. The van der Waals surface area contributed by atoms with Crippen LogP contribution in [0.2, 0.25) is 0 Å². The predicted octanol–water partition coefficient (Wildman–Crippen LogP) is 9.54. The molecule has 1 aliphatic heterocycles. The number of hydrogen-bond donors (Lipinski definition) is 2. The highest BCUT2D eigenvalue weighted by Crippen LogP contribution is 2.35. The van der Waals surface area contributed by atoms with Gasteiger partial charge >= 0.3 is 5.97 Å². The molecule has 1 heterocycles. The van der Waals surface area contributed by atoms with E-state index in [-0.39, 0.29) is 17.8 Å². The van der Waals surface area contributed by atoms with Crippen LogP contribution in [0, 0.1) is 12.8 Å². The monoisotopic (exact) mass is 715 g/mol. The van der Waals surface area contributed by atoms with Crippen molar-refractivity contribution >= 4 is 24.4 Å². The van der Waals surface area contributed by atoms with E-state index in [2.05, 4.69) is 31.0 Å². The van der Waals surface area contributed by atoms with Crippen LogP contribution in [0.5, 0.6) is 17.2 Å². The molecule has 0 bridgehead atoms. The number of alkyl halides is 1. The zero-order valence-corrected chi connectivity index (χ0v) is 32.7. The minimum atomic E-state index is -1.24. The number of nitrogens with zero attached hydrogens (tertiary/aromatic N) is 1. The minimum Gasteiger partial charge on any atom is -0.508 e. The van der Waals surface area contributed by atoms with Crippen molar-refractivity contribution in [3.63, 3.8) is 0 Å². The maximum absolute atomic E-state index is 15.7. The molecule has 50 heavy (non-hydrogen) atoms. The lowest BCUT2D eigenvalue weighted by molar-refractivity contribution is 0.00691. The first kappa shape index (κ1) is 41.5. The molecule has 0 amide bonds. The Morgan fingerprint density at radius 3 is 2.46 bits per heavy atom. The molecule has 0 spiro atoms. The molecule has 0 aliphatic carbocycles. The number of methoxy groups -OCH3 is 2. The van der Waals surface area contributed by atoms with Gasteiger partial charge in [0, 0.05) is 24.2 Å². The van der Waals surface area contributed by atoms with Gasteiger partial charge in [-0.1, -0.05) is 13.5 Å². The molecule has 9 heteroatoms. The topological polar surface area (TPSA) is 77.5 Å². The van der Waals surface area contributed by atoms with Gasteiger partial charge in [-0.05, 0) is 152 Å². The average molecular weight is 716 g/mol. The smallest absolute Gasteiger partial charge is 0.338 e. The molecule has 1 saturated heterocycles. The van der Waals surface area contributed by atoms with Gasteiger partial charge in [0.1, 0.15) is 34.3 Å². The maximum Gasteiger partial charge on any atom is 0.338 e. The van der Waals surface area contributed by atoms with E-state index in [0.717, 1.165) is 80.5 Å². The molecular formula is C41H62FNO6S. The summed E-state index contributed by atoms with van der Waals surface area (Å²) in [5, 5.41) is 10.5. The summed E-state index contributed by atoms with van der Waals surface area (Å²) in [4.78, 5) is 15.2. The fourth-order valence-electron chi connectivity index (χ4n) is 7.01. The van der Waals surface area contributed by atoms with Gasteiger partial charge in [0.15, 0.2) is 0 Å². The van der Waals surface area contributed by atoms with Crippen molar-refractivity contribution < 1.29 is 33.2 Å². The molecule has 1 N–H and O–H groups in total. The zero-order chi connectivity index (χ0) is 37.1. The lowest BCUT2D eigenvalue weighted by Gasteiger charge is -2.29. The summed E-state index contributed by atoms with van der Waals surface area (Å²) in [6.07, 6.45) is 8.06. The van der Waals surface area contributed by atoms with E-state index in [1.165, 1.54) is 0 Å². The van der Waals surface area contributed by atoms with Crippen molar-refractivity contribution in [2.75, 3.05) is 39.6 Å². The van der Waals surface area contributed by atoms with Crippen LogP contribution < -0.4 is 9.47 Å². The first-order valence-corrected chi connectivity index (χ1v) is 18.9. The number of ether oxygens (including phenoxy) is 4. The number of phenolic OH excluding ortho intramolecular Hbond substituents is 1. The molecule has 7 nitrogen and oxygen atoms in total. The van der Waals surface area contributed by atoms with Gasteiger partial charge in [0.2, 0.25) is 0 Å². The quantitative estimate of drug-likeness (QED) is 0.0689. The highest BCUT2D eigenvalue weighted by Gasteiger charge is 2.33. The number of aryl methyl sites for hydroxylation is 2. The van der Waals surface area contributed by atoms with Crippen LogP contribution in [0.25, 0.3) is 5.76 Å². The fourth-order valence-corrected chi connectivity index (χ4v) is 7.19. The van der Waals surface area contributed by atoms with Gasteiger partial charge < -0.3 is 29.0 Å². The molecule has 3 atom stereocenters. The van der Waals surface area contributed by atoms with Crippen LogP contribution >= 0.6 is 12.6 Å². The Hall–Kier alpha value is -2.91. The molecule has 2 aromatic carbocycles. The lowest BCUT2D eigenvalue weighted by Crippen LogP contribution is -2.38. The normalized spacial score (nSPS) is 19.0. The number of halogens is 1. The summed E-state index contributed by atoms with van der Waals surface area (Å²) < 4.78 is 39.2. The lowest BCUT2D eigenvalue weighted by atomic mass is 9.89. The maximum atomic E-state index is 15.7. The Balaban J connectivity index is 1.76. The number of benzene rings is 2. The molecule has 0 radical (unpaired) electrons. The van der Waals surface area contributed by atoms with Crippen molar-refractivity contribution in [1.29, 1.82) is 0 Å². The molecule has 280 valence electrons. The second-order valence-corrected chi connectivity index (χ2v) is 15.6. The van der Waals surface area contributed by atoms with Crippen LogP contribution in [0.1, 0.15) is 119 Å². The summed E-state index contributed by atoms with van der Waals surface area (Å²) in [6.45, 7) is 17.4. The third-order valence-electron chi connectivity index (χ3n) is 9.53. The summed E-state index contributed by atoms with van der Waals surface area (Å²) in [5.74, 6) is 2.82. The summed E-state index contributed by atoms with van der Waals surface area (Å²) in [6, 6.07) is 7.26. The second-order valence-electron chi connectivity index (χ2n) is 15.1. The number of unbranched alkanes of at least 4 members (excludes halogenated alkanes) is 1. The molecule has 1 fully saturated rings. The number of carbonyl (C=O) groups excluding carboxylic acids is 1. The number of likely N-dealkylation sites (tertiary alicyclic amines) is 1. The van der Waals surface area contributed by atoms with Gasteiger partial charge in [0.05, 0.1) is 25.9 Å². The first-order valence-electron chi connectivity index (χ1n) is 18.3. The van der Waals surface area contributed by atoms with Crippen LogP contribution in [-0.2, 0) is 22.3 Å². The van der Waals surface area contributed by atoms with E-state index >= 15 is 4.39 Å². The van der Waals surface area contributed by atoms with Gasteiger partial charge in [-0.2, -0.15) is 12.6 Å². The third kappa shape index (κ3) is 12.7. The highest BCUT2D eigenvalue weighted by atomic mass is 32.1. The Kier molecular flexibility index (Phi) is 15.8. The minimum absolute atomic E-state index is 0.119. The molecule has 3 rings (SSSR count). The third-order valence-corrected chi connectivity index (χ3v) is 9.84. The van der Waals surface area contributed by atoms with Crippen molar-refractivity contribution in [3.05, 3.63) is 58.7 Å². The number of rotatable bonds is 18. The highest BCUT2D eigenvalue weighted by molar-refractivity contribution is 7.80. The Morgan fingerprint density at radius 1 is 1.10 bits per heavy atom. The van der Waals surface area contributed by atoms with E-state index in [9.17, 15) is 9.90 Å². The van der Waals surface area contributed by atoms with E-state index in [0.29, 0.717) is 60.0 Å². The van der Waals surface area contributed by atoms with Crippen LogP contribution in [0.15, 0.2) is 30.8 Å². The summed E-state index contributed by atoms with van der Waals surface area (Å²) in [5.41, 5.74) is 1.98. The van der Waals surface area contributed by atoms with Gasteiger partial charge in [0.25, 0.3) is 0 Å². The van der Waals surface area contributed by atoms with Crippen LogP contribution in [0.3, 0.4) is 0 Å². The van der Waals surface area contributed by atoms with Crippen molar-refractivity contribution in [2.24, 2.45) is 5.92 Å². The number of phenols is 1. The molecule has 2 aromatic rings. The number of thiol groups is 1. The largest absolute Gasteiger partial charge is 0.508 e. The Labute approximate surface area is 306 Å². The second kappa shape index (κ2) is 19.1. The number of hydrogen-bond acceptors (Lipinski definition) is 8. The van der Waals surface area contributed by atoms with E-state index in [4.69, 9.17) is 18.9 Å². The zero-order valence-electron chi connectivity index (χ0n) is 31.8. The van der Waals surface area contributed by atoms with Crippen LogP contribution in [0.4, 0.5) is 4.39 Å². The fraction of sp³-hybridized carbons (Fsp3) is 0.634. The van der Waals surface area contributed by atoms with Crippen LogP contribution in [-0.4, -0.2) is 73.0 Å². The number of esters is 1. The van der Waals surface area contributed by atoms with Gasteiger partial charge in [-0.3, -0.25) is 0 Å². The molecule has 0 aromatic heterocycles. The van der Waals surface area contributed by atoms with Gasteiger partial charge in [-0.15, -0.1) is 0 Å². The summed E-state index contributed by atoms with van der Waals surface area (Å²) >= 11 is 4.37. The first-order chi connectivity index (χ1) is 23.6. The SMILES string of the molecule is C=C(OC(CCCCc1cc(C(=O)OC(C)(C)C)cc(CC)c1OC)CCN1CCC(CCCS)CC(C)(F)C1)c1cc(O)c(C)c(OC)c1. The van der Waals surface area contributed by atoms with E-state index < -0.39 is 11.3 Å². The summed E-state index contributed by atoms with van der Waals surface area (Å²) in [7, 11) is 3.24. The molecule has 0 saturated carbocycles. The van der Waals surface area contributed by atoms with Crippen molar-refractivity contribution in [1.82, 2.24) is 4.90 Å². The van der Waals surface area contributed by atoms with E-state index in [1.807, 2.05) is 39.0 Å². The molecular weight excluding hydrogens is 654 g/mol.